The van der Waals surface area contributed by atoms with Crippen LogP contribution in [0.3, 0.4) is 0 Å². The van der Waals surface area contributed by atoms with Crippen LogP contribution in [0.1, 0.15) is 31.2 Å². The molecule has 142 valence electrons. The van der Waals surface area contributed by atoms with Crippen LogP contribution in [-0.2, 0) is 9.84 Å². The van der Waals surface area contributed by atoms with E-state index in [1.54, 1.807) is 7.05 Å². The number of benzene rings is 1. The summed E-state index contributed by atoms with van der Waals surface area (Å²) in [5, 5.41) is 3.19. The number of guanidine groups is 1. The average molecular weight is 479 g/mol. The van der Waals surface area contributed by atoms with Crippen molar-refractivity contribution in [1.29, 1.82) is 0 Å². The molecule has 1 saturated heterocycles. The van der Waals surface area contributed by atoms with Crippen molar-refractivity contribution in [2.24, 2.45) is 10.9 Å². The van der Waals surface area contributed by atoms with E-state index in [2.05, 4.69) is 52.5 Å². The SMILES string of the molecule is CCC1CN(C(=NC)NCCS(C)(=O)=O)CCC1c1ccccc1.I. The van der Waals surface area contributed by atoms with Crippen molar-refractivity contribution in [1.82, 2.24) is 10.2 Å². The van der Waals surface area contributed by atoms with Crippen LogP contribution in [0.25, 0.3) is 0 Å². The fraction of sp³-hybridized carbons (Fsp3) is 0.611. The van der Waals surface area contributed by atoms with Gasteiger partial charge in [-0.05, 0) is 23.8 Å². The summed E-state index contributed by atoms with van der Waals surface area (Å²) in [6.45, 7) is 4.54. The first-order valence-corrected chi connectivity index (χ1v) is 10.7. The van der Waals surface area contributed by atoms with Gasteiger partial charge in [0.2, 0.25) is 0 Å². The molecule has 1 aliphatic rings. The Hall–Kier alpha value is -0.830. The van der Waals surface area contributed by atoms with Gasteiger partial charge >= 0.3 is 0 Å². The molecule has 0 amide bonds. The van der Waals surface area contributed by atoms with Crippen molar-refractivity contribution in [2.45, 2.75) is 25.7 Å². The molecule has 0 spiro atoms. The molecule has 1 aromatic carbocycles. The Kier molecular flexibility index (Phi) is 9.20. The molecule has 0 aliphatic carbocycles. The second kappa shape index (κ2) is 10.4. The van der Waals surface area contributed by atoms with Gasteiger partial charge in [-0.15, -0.1) is 24.0 Å². The maximum absolute atomic E-state index is 11.3. The smallest absolute Gasteiger partial charge is 0.193 e. The third kappa shape index (κ3) is 6.77. The fourth-order valence-corrected chi connectivity index (χ4v) is 3.93. The van der Waals surface area contributed by atoms with Crippen molar-refractivity contribution in [3.63, 3.8) is 0 Å². The van der Waals surface area contributed by atoms with Gasteiger partial charge in [0.05, 0.1) is 5.75 Å². The minimum Gasteiger partial charge on any atom is -0.355 e. The van der Waals surface area contributed by atoms with Crippen LogP contribution in [0, 0.1) is 5.92 Å². The second-order valence-corrected chi connectivity index (χ2v) is 8.78. The summed E-state index contributed by atoms with van der Waals surface area (Å²) < 4.78 is 22.6. The van der Waals surface area contributed by atoms with E-state index >= 15 is 0 Å². The van der Waals surface area contributed by atoms with Gasteiger partial charge in [-0.3, -0.25) is 4.99 Å². The molecule has 25 heavy (non-hydrogen) atoms. The molecule has 1 N–H and O–H groups in total. The molecule has 5 nitrogen and oxygen atoms in total. The van der Waals surface area contributed by atoms with Gasteiger partial charge in [0, 0.05) is 32.9 Å². The Labute approximate surface area is 169 Å². The van der Waals surface area contributed by atoms with Crippen molar-refractivity contribution in [2.75, 3.05) is 38.7 Å². The summed E-state index contributed by atoms with van der Waals surface area (Å²) in [7, 11) is -1.20. The quantitative estimate of drug-likeness (QED) is 0.401. The first-order chi connectivity index (χ1) is 11.4. The number of hydrogen-bond donors (Lipinski definition) is 1. The number of nitrogens with zero attached hydrogens (tertiary/aromatic N) is 2. The molecule has 1 fully saturated rings. The molecular weight excluding hydrogens is 449 g/mol. The number of halogens is 1. The Morgan fingerprint density at radius 3 is 2.56 bits per heavy atom. The van der Waals surface area contributed by atoms with Gasteiger partial charge in [-0.1, -0.05) is 43.7 Å². The zero-order valence-corrected chi connectivity index (χ0v) is 18.5. The number of likely N-dealkylation sites (tertiary alicyclic amines) is 1. The molecule has 0 radical (unpaired) electrons. The molecule has 2 rings (SSSR count). The standard InChI is InChI=1S/C18H29N3O2S.HI/c1-4-15-14-21(18(19-2)20-11-13-24(3,22)23)12-10-17(15)16-8-6-5-7-9-16;/h5-9,15,17H,4,10-14H2,1-3H3,(H,19,20);1H. The minimum atomic E-state index is -2.95. The van der Waals surface area contributed by atoms with Crippen molar-refractivity contribution >= 4 is 39.8 Å². The highest BCUT2D eigenvalue weighted by Gasteiger charge is 2.30. The van der Waals surface area contributed by atoms with E-state index in [0.717, 1.165) is 31.9 Å². The summed E-state index contributed by atoms with van der Waals surface area (Å²) in [6, 6.07) is 10.7. The lowest BCUT2D eigenvalue weighted by Gasteiger charge is -2.40. The summed E-state index contributed by atoms with van der Waals surface area (Å²) >= 11 is 0. The molecule has 0 aromatic heterocycles. The largest absolute Gasteiger partial charge is 0.355 e. The van der Waals surface area contributed by atoms with E-state index in [1.165, 1.54) is 11.8 Å². The van der Waals surface area contributed by atoms with Crippen molar-refractivity contribution < 1.29 is 8.42 Å². The minimum absolute atomic E-state index is 0. The van der Waals surface area contributed by atoms with Crippen LogP contribution < -0.4 is 5.32 Å². The molecule has 1 aliphatic heterocycles. The lowest BCUT2D eigenvalue weighted by Crippen LogP contribution is -2.49. The fourth-order valence-electron chi connectivity index (χ4n) is 3.46. The maximum atomic E-state index is 11.3. The van der Waals surface area contributed by atoms with Crippen LogP contribution in [0.4, 0.5) is 0 Å². The second-order valence-electron chi connectivity index (χ2n) is 6.52. The van der Waals surface area contributed by atoms with Crippen LogP contribution in [0.2, 0.25) is 0 Å². The van der Waals surface area contributed by atoms with Crippen LogP contribution >= 0.6 is 24.0 Å². The van der Waals surface area contributed by atoms with E-state index in [4.69, 9.17) is 0 Å². The van der Waals surface area contributed by atoms with E-state index in [0.29, 0.717) is 18.4 Å². The summed E-state index contributed by atoms with van der Waals surface area (Å²) in [4.78, 5) is 6.59. The van der Waals surface area contributed by atoms with Gasteiger partial charge in [0.15, 0.2) is 5.96 Å². The van der Waals surface area contributed by atoms with Crippen LogP contribution in [-0.4, -0.2) is 58.0 Å². The average Bonchev–Trinajstić information content (AvgIpc) is 2.58. The van der Waals surface area contributed by atoms with Gasteiger partial charge < -0.3 is 10.2 Å². The number of hydrogen-bond acceptors (Lipinski definition) is 3. The Balaban J connectivity index is 0.00000312. The highest BCUT2D eigenvalue weighted by Crippen LogP contribution is 2.34. The summed E-state index contributed by atoms with van der Waals surface area (Å²) in [6.07, 6.45) is 3.47. The zero-order chi connectivity index (χ0) is 17.6. The Bertz CT molecular complexity index is 650. The Morgan fingerprint density at radius 2 is 2.00 bits per heavy atom. The number of rotatable bonds is 5. The van der Waals surface area contributed by atoms with Crippen molar-refractivity contribution in [3.05, 3.63) is 35.9 Å². The zero-order valence-electron chi connectivity index (χ0n) is 15.3. The lowest BCUT2D eigenvalue weighted by atomic mass is 9.79. The predicted octanol–water partition coefficient (Wildman–Crippen LogP) is 2.74. The third-order valence-corrected chi connectivity index (χ3v) is 5.70. The first-order valence-electron chi connectivity index (χ1n) is 8.63. The number of piperidine rings is 1. The maximum Gasteiger partial charge on any atom is 0.193 e. The topological polar surface area (TPSA) is 61.8 Å². The highest BCUT2D eigenvalue weighted by molar-refractivity contribution is 14.0. The number of sulfone groups is 1. The molecule has 1 aromatic rings. The Morgan fingerprint density at radius 1 is 1.32 bits per heavy atom. The lowest BCUT2D eigenvalue weighted by molar-refractivity contribution is 0.216. The van der Waals surface area contributed by atoms with Crippen LogP contribution in [0.15, 0.2) is 35.3 Å². The summed E-state index contributed by atoms with van der Waals surface area (Å²) in [5.74, 6) is 2.10. The normalized spacial score (nSPS) is 21.6. The van der Waals surface area contributed by atoms with Gasteiger partial charge in [-0.25, -0.2) is 8.42 Å². The molecule has 0 saturated carbocycles. The molecule has 7 heteroatoms. The number of nitrogens with one attached hydrogen (secondary N) is 1. The van der Waals surface area contributed by atoms with E-state index in [-0.39, 0.29) is 29.7 Å². The molecule has 2 atom stereocenters. The first kappa shape index (κ1) is 22.2. The van der Waals surface area contributed by atoms with Gasteiger partial charge in [0.25, 0.3) is 0 Å². The van der Waals surface area contributed by atoms with Gasteiger partial charge in [0.1, 0.15) is 9.84 Å². The summed E-state index contributed by atoms with van der Waals surface area (Å²) in [5.41, 5.74) is 1.42. The van der Waals surface area contributed by atoms with E-state index in [1.807, 2.05) is 0 Å². The molecule has 0 bridgehead atoms. The van der Waals surface area contributed by atoms with Crippen molar-refractivity contribution in [3.8, 4) is 0 Å². The monoisotopic (exact) mass is 479 g/mol. The van der Waals surface area contributed by atoms with Crippen LogP contribution in [0.5, 0.6) is 0 Å². The molecule has 2 unspecified atom stereocenters. The predicted molar refractivity (Wildman–Crippen MR) is 116 cm³/mol. The van der Waals surface area contributed by atoms with E-state index < -0.39 is 9.84 Å². The third-order valence-electron chi connectivity index (χ3n) is 4.75. The highest BCUT2D eigenvalue weighted by atomic mass is 127. The number of aliphatic imine (C=N–C) groups is 1. The van der Waals surface area contributed by atoms with E-state index in [9.17, 15) is 8.42 Å². The molecular formula is C18H30IN3O2S. The van der Waals surface area contributed by atoms with Gasteiger partial charge in [-0.2, -0.15) is 0 Å². The molecule has 1 heterocycles.